The van der Waals surface area contributed by atoms with Crippen molar-refractivity contribution in [3.63, 3.8) is 0 Å². The smallest absolute Gasteiger partial charge is 0.205 e. The van der Waals surface area contributed by atoms with Crippen LogP contribution in [-0.2, 0) is 0 Å². The molecule has 0 unspecified atom stereocenters. The molecule has 11 aromatic rings. The predicted octanol–water partition coefficient (Wildman–Crippen LogP) is 5.52. The molecule has 0 aliphatic rings. The molecule has 0 fully saturated rings. The third-order valence-electron chi connectivity index (χ3n) is 14.1. The fourth-order valence-electron chi connectivity index (χ4n) is 10.4. The lowest BCUT2D eigenvalue weighted by atomic mass is 9.81. The van der Waals surface area contributed by atoms with Gasteiger partial charge in [0.15, 0.2) is 120 Å². The Labute approximate surface area is 438 Å². The summed E-state index contributed by atoms with van der Waals surface area (Å²) in [7, 11) is 0. The van der Waals surface area contributed by atoms with Crippen LogP contribution in [0.3, 0.4) is 0 Å². The second kappa shape index (κ2) is 15.5. The zero-order valence-electron chi connectivity index (χ0n) is 38.8. The quantitative estimate of drug-likeness (QED) is 0.0448. The van der Waals surface area contributed by atoms with Gasteiger partial charge in [-0.3, -0.25) is 0 Å². The summed E-state index contributed by atoms with van der Waals surface area (Å²) < 4.78 is 5.49. The van der Waals surface area contributed by atoms with Gasteiger partial charge in [-0.15, -0.1) is 0 Å². The highest BCUT2D eigenvalue weighted by Gasteiger charge is 2.41. The van der Waals surface area contributed by atoms with E-state index in [9.17, 15) is 153 Å². The SMILES string of the molecule is Oc1c(O)c(-c2c3c(O)c(O)c(O)c(O)c3c(-c3c(O)c(O)c4c(c3O)c(O)c(O)c3c(O)c(O)c(O)c(O)c34)c3c(O)c(O)c(O)c(O)c23)c(O)c(O)c1-c1c(O)c(O)c2oc3c4c(O)c(O)c(O)c(O)c4c(O)c(O)c3c2c1O. The molecule has 10 aromatic carbocycles. The molecule has 0 bridgehead atoms. The van der Waals surface area contributed by atoms with Crippen LogP contribution in [0.15, 0.2) is 4.42 Å². The van der Waals surface area contributed by atoms with Crippen molar-refractivity contribution in [2.45, 2.75) is 0 Å². The van der Waals surface area contributed by atoms with Crippen LogP contribution in [0.4, 0.5) is 0 Å². The number of phenols is 30. The predicted molar refractivity (Wildman–Crippen MR) is 268 cm³/mol. The topological polar surface area (TPSA) is 620 Å². The van der Waals surface area contributed by atoms with Gasteiger partial charge in [0, 0.05) is 43.4 Å². The number of hydrogen-bond acceptors (Lipinski definition) is 31. The highest BCUT2D eigenvalue weighted by molar-refractivity contribution is 6.33. The Morgan fingerprint density at radius 3 is 0.654 bits per heavy atom. The summed E-state index contributed by atoms with van der Waals surface area (Å²) in [5.74, 6) is -50.5. The molecule has 31 heteroatoms. The van der Waals surface area contributed by atoms with Gasteiger partial charge in [-0.2, -0.15) is 0 Å². The highest BCUT2D eigenvalue weighted by Crippen LogP contribution is 2.70. The van der Waals surface area contributed by atoms with Crippen LogP contribution in [0, 0.1) is 0 Å². The van der Waals surface area contributed by atoms with Crippen molar-refractivity contribution in [2.75, 3.05) is 0 Å². The highest BCUT2D eigenvalue weighted by atomic mass is 16.4. The zero-order chi connectivity index (χ0) is 59.6. The van der Waals surface area contributed by atoms with Gasteiger partial charge in [-0.05, 0) is 0 Å². The van der Waals surface area contributed by atoms with Crippen molar-refractivity contribution in [1.82, 2.24) is 0 Å². The van der Waals surface area contributed by atoms with Gasteiger partial charge in [-0.1, -0.05) is 0 Å². The Morgan fingerprint density at radius 2 is 0.284 bits per heavy atom. The van der Waals surface area contributed by atoms with Gasteiger partial charge in [0.1, 0.15) is 11.5 Å². The normalized spacial score (nSPS) is 12.0. The van der Waals surface area contributed by atoms with Crippen molar-refractivity contribution >= 4 is 75.8 Å². The minimum absolute atomic E-state index is 0.958. The molecule has 11 rings (SSSR count). The molecule has 0 aliphatic carbocycles. The number of fused-ring (bicyclic) bond motifs is 10. The molecule has 0 spiro atoms. The van der Waals surface area contributed by atoms with Crippen molar-refractivity contribution in [3.05, 3.63) is 0 Å². The minimum atomic E-state index is -1.95. The van der Waals surface area contributed by atoms with E-state index in [0.29, 0.717) is 0 Å². The Bertz CT molecular complexity index is 4810. The third-order valence-corrected chi connectivity index (χ3v) is 14.1. The lowest BCUT2D eigenvalue weighted by Gasteiger charge is -2.25. The van der Waals surface area contributed by atoms with E-state index in [1.165, 1.54) is 0 Å². The maximum atomic E-state index is 12.1. The fourth-order valence-corrected chi connectivity index (χ4v) is 10.4. The monoisotopic (exact) mass is 1130 g/mol. The average Bonchev–Trinajstić information content (AvgIpc) is 4.04. The first-order chi connectivity index (χ1) is 37.8. The lowest BCUT2D eigenvalue weighted by Crippen LogP contribution is -1.97. The van der Waals surface area contributed by atoms with Crippen LogP contribution in [0.5, 0.6) is 172 Å². The number of rotatable bonds is 3. The molecule has 0 radical (unpaired) electrons. The zero-order valence-corrected chi connectivity index (χ0v) is 38.8. The molecule has 0 saturated carbocycles. The Hall–Kier alpha value is -12.7. The summed E-state index contributed by atoms with van der Waals surface area (Å²) >= 11 is 0. The number of phenolic OH excluding ortho intramolecular Hbond substituents is 30. The largest absolute Gasteiger partial charge is 0.506 e. The first-order valence-corrected chi connectivity index (χ1v) is 21.9. The van der Waals surface area contributed by atoms with Crippen LogP contribution >= 0.6 is 0 Å². The second-order valence-electron chi connectivity index (χ2n) is 18.0. The van der Waals surface area contributed by atoms with Crippen molar-refractivity contribution < 1.29 is 158 Å². The summed E-state index contributed by atoms with van der Waals surface area (Å²) in [6.07, 6.45) is 0. The maximum Gasteiger partial charge on any atom is 0.205 e. The first kappa shape index (κ1) is 50.5. The first-order valence-electron chi connectivity index (χ1n) is 21.9. The standard InChI is InChI=1S/C50H30O31/c51-19-9(27(59)21(53)7-8-12(31(63)30(62)11(7)19)35(67)45(77)44(76)26(8)58)1-3-5(24(56)42(74)40(72)22(3)54)2(6-4(1)23(55)41(73)43(75)25(6)57)10-28(60)32(64)14(33(65)29(10)61)13-20(52)17-18-38(70)34(66)15-16(39(71)47(79)46(78)36(15)68)49(18)81-50(17)48(80)37(13)69/h51-80H. The van der Waals surface area contributed by atoms with E-state index < -0.39 is 282 Å². The number of aromatic hydroxyl groups is 30. The van der Waals surface area contributed by atoms with Gasteiger partial charge in [-0.25, -0.2) is 0 Å². The van der Waals surface area contributed by atoms with E-state index >= 15 is 0 Å². The number of benzene rings is 10. The van der Waals surface area contributed by atoms with Gasteiger partial charge in [0.05, 0.1) is 54.6 Å². The minimum Gasteiger partial charge on any atom is -0.506 e. The second-order valence-corrected chi connectivity index (χ2v) is 18.0. The summed E-state index contributed by atoms with van der Waals surface area (Å²) in [4.78, 5) is 0. The van der Waals surface area contributed by atoms with Gasteiger partial charge in [0.2, 0.25) is 51.7 Å². The summed E-state index contributed by atoms with van der Waals surface area (Å²) in [5.41, 5.74) is -11.4. The van der Waals surface area contributed by atoms with Crippen LogP contribution in [0.2, 0.25) is 0 Å². The van der Waals surface area contributed by atoms with E-state index in [2.05, 4.69) is 0 Å². The van der Waals surface area contributed by atoms with Gasteiger partial charge in [0.25, 0.3) is 0 Å². The average molecular weight is 1130 g/mol. The number of furan rings is 1. The lowest BCUT2D eigenvalue weighted by molar-refractivity contribution is 0.349. The Morgan fingerprint density at radius 1 is 0.111 bits per heavy atom. The molecular formula is C50H30O31. The number of hydrogen-bond donors (Lipinski definition) is 30. The van der Waals surface area contributed by atoms with E-state index in [0.717, 1.165) is 0 Å². The van der Waals surface area contributed by atoms with Gasteiger partial charge >= 0.3 is 0 Å². The van der Waals surface area contributed by atoms with Crippen molar-refractivity contribution in [2.24, 2.45) is 0 Å². The fraction of sp³-hybridized carbons (Fsp3) is 0. The molecular weight excluding hydrogens is 1100 g/mol. The van der Waals surface area contributed by atoms with Crippen LogP contribution in [0.1, 0.15) is 0 Å². The molecule has 31 nitrogen and oxygen atoms in total. The Kier molecular flexibility index (Phi) is 9.63. The van der Waals surface area contributed by atoms with Crippen molar-refractivity contribution in [3.8, 4) is 206 Å². The van der Waals surface area contributed by atoms with E-state index in [4.69, 9.17) is 4.42 Å². The molecule has 30 N–H and O–H groups in total. The molecule has 0 atom stereocenters. The van der Waals surface area contributed by atoms with E-state index in [1.807, 2.05) is 0 Å². The van der Waals surface area contributed by atoms with Crippen molar-refractivity contribution in [1.29, 1.82) is 0 Å². The molecule has 81 heavy (non-hydrogen) atoms. The maximum absolute atomic E-state index is 12.1. The summed E-state index contributed by atoms with van der Waals surface area (Å²) in [6, 6.07) is 0. The summed E-state index contributed by atoms with van der Waals surface area (Å²) in [6.45, 7) is 0. The van der Waals surface area contributed by atoms with Crippen LogP contribution in [0.25, 0.3) is 109 Å². The van der Waals surface area contributed by atoms with Crippen LogP contribution in [-0.4, -0.2) is 153 Å². The third kappa shape index (κ3) is 5.55. The molecule has 416 valence electrons. The van der Waals surface area contributed by atoms with Gasteiger partial charge < -0.3 is 158 Å². The molecule has 0 saturated heterocycles. The molecule has 1 heterocycles. The van der Waals surface area contributed by atoms with Crippen LogP contribution < -0.4 is 0 Å². The summed E-state index contributed by atoms with van der Waals surface area (Å²) in [5, 5.41) is 323. The molecule has 0 aliphatic heterocycles. The van der Waals surface area contributed by atoms with E-state index in [1.54, 1.807) is 0 Å². The molecule has 1 aromatic heterocycles. The Balaban J connectivity index is 1.32. The van der Waals surface area contributed by atoms with E-state index in [-0.39, 0.29) is 0 Å². The molecule has 0 amide bonds.